The van der Waals surface area contributed by atoms with Crippen molar-refractivity contribution in [1.82, 2.24) is 0 Å². The Kier molecular flexibility index (Phi) is 4.67. The van der Waals surface area contributed by atoms with Crippen LogP contribution >= 0.6 is 15.9 Å². The maximum absolute atomic E-state index is 12.1. The van der Waals surface area contributed by atoms with Gasteiger partial charge in [-0.25, -0.2) is 0 Å². The first-order valence-electron chi connectivity index (χ1n) is 4.42. The highest BCUT2D eigenvalue weighted by Crippen LogP contribution is 2.30. The van der Waals surface area contributed by atoms with Gasteiger partial charge in [0.25, 0.3) is 0 Å². The van der Waals surface area contributed by atoms with Gasteiger partial charge in [-0.05, 0) is 12.1 Å². The van der Waals surface area contributed by atoms with Crippen molar-refractivity contribution in [2.75, 3.05) is 5.33 Å². The second kappa shape index (κ2) is 5.79. The fourth-order valence-corrected chi connectivity index (χ4v) is 1.56. The maximum atomic E-state index is 12.1. The number of alkyl halides is 3. The number of phenols is 1. The third-order valence-electron chi connectivity index (χ3n) is 1.82. The van der Waals surface area contributed by atoms with Gasteiger partial charge in [-0.1, -0.05) is 22.0 Å². The van der Waals surface area contributed by atoms with Crippen LogP contribution in [0.3, 0.4) is 0 Å². The Balaban J connectivity index is 3.07. The SMILES string of the molecule is O=C(CCBr)c1c(O)cccc1OC(F)F. The van der Waals surface area contributed by atoms with Crippen LogP contribution in [0, 0.1) is 0 Å². The Morgan fingerprint density at radius 1 is 1.50 bits per heavy atom. The summed E-state index contributed by atoms with van der Waals surface area (Å²) in [6.07, 6.45) is 0.0944. The van der Waals surface area contributed by atoms with Crippen LogP contribution in [0.15, 0.2) is 18.2 Å². The first-order valence-corrected chi connectivity index (χ1v) is 5.54. The highest BCUT2D eigenvalue weighted by atomic mass is 79.9. The first-order chi connectivity index (χ1) is 7.56. The van der Waals surface area contributed by atoms with Crippen molar-refractivity contribution in [2.24, 2.45) is 0 Å². The van der Waals surface area contributed by atoms with Gasteiger partial charge < -0.3 is 9.84 Å². The minimum Gasteiger partial charge on any atom is -0.507 e. The number of rotatable bonds is 5. The predicted octanol–water partition coefficient (Wildman–Crippen LogP) is 2.96. The number of carbonyl (C=O) groups is 1. The molecule has 0 aliphatic rings. The summed E-state index contributed by atoms with van der Waals surface area (Å²) in [5.41, 5.74) is -0.206. The minimum atomic E-state index is -3.03. The van der Waals surface area contributed by atoms with Gasteiger partial charge in [0.05, 0.1) is 0 Å². The van der Waals surface area contributed by atoms with Crippen LogP contribution in [0.5, 0.6) is 11.5 Å². The third kappa shape index (κ3) is 3.16. The summed E-state index contributed by atoms with van der Waals surface area (Å²) in [5, 5.41) is 9.82. The van der Waals surface area contributed by atoms with Crippen molar-refractivity contribution in [3.05, 3.63) is 23.8 Å². The normalized spacial score (nSPS) is 10.5. The Bertz CT molecular complexity index is 382. The van der Waals surface area contributed by atoms with E-state index in [1.54, 1.807) is 0 Å². The lowest BCUT2D eigenvalue weighted by molar-refractivity contribution is -0.0502. The van der Waals surface area contributed by atoms with E-state index in [1.165, 1.54) is 18.2 Å². The molecule has 1 aromatic carbocycles. The van der Waals surface area contributed by atoms with Crippen LogP contribution in [-0.4, -0.2) is 22.8 Å². The van der Waals surface area contributed by atoms with E-state index in [9.17, 15) is 18.7 Å². The molecule has 0 spiro atoms. The average Bonchev–Trinajstić information content (AvgIpc) is 2.16. The monoisotopic (exact) mass is 294 g/mol. The van der Waals surface area contributed by atoms with E-state index in [0.29, 0.717) is 5.33 Å². The molecule has 0 atom stereocenters. The summed E-state index contributed by atoms with van der Waals surface area (Å²) in [7, 11) is 0. The van der Waals surface area contributed by atoms with Gasteiger partial charge in [0.15, 0.2) is 5.78 Å². The molecule has 88 valence electrons. The Morgan fingerprint density at radius 3 is 2.75 bits per heavy atom. The number of hydrogen-bond acceptors (Lipinski definition) is 3. The molecule has 0 aliphatic carbocycles. The summed E-state index contributed by atoms with van der Waals surface area (Å²) < 4.78 is 28.3. The van der Waals surface area contributed by atoms with Crippen molar-refractivity contribution in [3.63, 3.8) is 0 Å². The number of Topliss-reactive ketones (excluding diaryl/α,β-unsaturated/α-hetero) is 1. The number of ether oxygens (including phenoxy) is 1. The summed E-state index contributed by atoms with van der Waals surface area (Å²) in [4.78, 5) is 11.6. The molecule has 1 aromatic rings. The van der Waals surface area contributed by atoms with E-state index in [1.807, 2.05) is 0 Å². The van der Waals surface area contributed by atoms with Crippen molar-refractivity contribution >= 4 is 21.7 Å². The molecule has 3 nitrogen and oxygen atoms in total. The van der Waals surface area contributed by atoms with Crippen LogP contribution in [0.2, 0.25) is 0 Å². The molecule has 0 amide bonds. The van der Waals surface area contributed by atoms with E-state index < -0.39 is 12.4 Å². The molecule has 0 bridgehead atoms. The van der Waals surface area contributed by atoms with Gasteiger partial charge in [0, 0.05) is 11.8 Å². The van der Waals surface area contributed by atoms with Gasteiger partial charge in [0.2, 0.25) is 0 Å². The van der Waals surface area contributed by atoms with Crippen molar-refractivity contribution in [1.29, 1.82) is 0 Å². The highest BCUT2D eigenvalue weighted by Gasteiger charge is 2.18. The fraction of sp³-hybridized carbons (Fsp3) is 0.300. The van der Waals surface area contributed by atoms with Gasteiger partial charge >= 0.3 is 6.61 Å². The number of phenolic OH excluding ortho intramolecular Hbond substituents is 1. The second-order valence-electron chi connectivity index (χ2n) is 2.89. The van der Waals surface area contributed by atoms with E-state index in [4.69, 9.17) is 0 Å². The topological polar surface area (TPSA) is 46.5 Å². The number of aromatic hydroxyl groups is 1. The molecule has 16 heavy (non-hydrogen) atoms. The van der Waals surface area contributed by atoms with Gasteiger partial charge in [-0.15, -0.1) is 0 Å². The molecule has 0 unspecified atom stereocenters. The third-order valence-corrected chi connectivity index (χ3v) is 2.22. The number of carbonyl (C=O) groups excluding carboxylic acids is 1. The van der Waals surface area contributed by atoms with E-state index >= 15 is 0 Å². The first kappa shape index (κ1) is 12.9. The smallest absolute Gasteiger partial charge is 0.387 e. The summed E-state index contributed by atoms with van der Waals surface area (Å²) in [6, 6.07) is 3.80. The van der Waals surface area contributed by atoms with Crippen LogP contribution < -0.4 is 4.74 Å². The Morgan fingerprint density at radius 2 is 2.19 bits per heavy atom. The second-order valence-corrected chi connectivity index (χ2v) is 3.68. The minimum absolute atomic E-state index is 0.0944. The molecule has 0 aliphatic heterocycles. The van der Waals surface area contributed by atoms with Crippen molar-refractivity contribution in [2.45, 2.75) is 13.0 Å². The van der Waals surface area contributed by atoms with Crippen LogP contribution in [-0.2, 0) is 0 Å². The number of hydrogen-bond donors (Lipinski definition) is 1. The zero-order valence-electron chi connectivity index (χ0n) is 8.12. The Labute approximate surface area is 99.2 Å². The lowest BCUT2D eigenvalue weighted by atomic mass is 10.1. The largest absolute Gasteiger partial charge is 0.507 e. The van der Waals surface area contributed by atoms with Gasteiger partial charge in [-0.2, -0.15) is 8.78 Å². The van der Waals surface area contributed by atoms with Crippen molar-refractivity contribution < 1.29 is 23.4 Å². The zero-order valence-corrected chi connectivity index (χ0v) is 9.71. The fourth-order valence-electron chi connectivity index (χ4n) is 1.20. The standard InChI is InChI=1S/C10H9BrF2O3/c11-5-4-7(15)9-6(14)2-1-3-8(9)16-10(12)13/h1-3,10,14H,4-5H2. The van der Waals surface area contributed by atoms with Gasteiger partial charge in [-0.3, -0.25) is 4.79 Å². The molecule has 0 saturated carbocycles. The average molecular weight is 295 g/mol. The Hall–Kier alpha value is -1.17. The quantitative estimate of drug-likeness (QED) is 0.671. The maximum Gasteiger partial charge on any atom is 0.387 e. The molecular formula is C10H9BrF2O3. The van der Waals surface area contributed by atoms with Crippen LogP contribution in [0.25, 0.3) is 0 Å². The zero-order chi connectivity index (χ0) is 12.1. The summed E-state index contributed by atoms with van der Waals surface area (Å²) in [5.74, 6) is -1.12. The molecule has 1 N–H and O–H groups in total. The molecule has 1 rings (SSSR count). The lowest BCUT2D eigenvalue weighted by Crippen LogP contribution is -2.08. The molecule has 0 fully saturated rings. The lowest BCUT2D eigenvalue weighted by Gasteiger charge is -2.10. The van der Waals surface area contributed by atoms with E-state index in [0.717, 1.165) is 0 Å². The molecule has 6 heteroatoms. The predicted molar refractivity (Wildman–Crippen MR) is 57.5 cm³/mol. The van der Waals surface area contributed by atoms with Crippen LogP contribution in [0.4, 0.5) is 8.78 Å². The molecular weight excluding hydrogens is 286 g/mol. The molecule has 0 heterocycles. The summed E-state index contributed by atoms with van der Waals surface area (Å²) >= 11 is 3.06. The molecule has 0 saturated heterocycles. The number of ketones is 1. The highest BCUT2D eigenvalue weighted by molar-refractivity contribution is 9.09. The van der Waals surface area contributed by atoms with E-state index in [-0.39, 0.29) is 23.5 Å². The number of benzene rings is 1. The van der Waals surface area contributed by atoms with Crippen LogP contribution in [0.1, 0.15) is 16.8 Å². The van der Waals surface area contributed by atoms with Gasteiger partial charge in [0.1, 0.15) is 17.1 Å². The number of halogens is 3. The molecule has 0 radical (unpaired) electrons. The summed E-state index contributed by atoms with van der Waals surface area (Å²) in [6.45, 7) is -3.03. The van der Waals surface area contributed by atoms with E-state index in [2.05, 4.69) is 20.7 Å². The van der Waals surface area contributed by atoms with Crippen molar-refractivity contribution in [3.8, 4) is 11.5 Å². The molecule has 0 aromatic heterocycles.